The fourth-order valence-electron chi connectivity index (χ4n) is 12.3. The molecule has 0 N–H and O–H groups in total. The molecule has 384 valence electrons. The highest BCUT2D eigenvalue weighted by molar-refractivity contribution is 6.29. The molecule has 3 aliphatic rings. The van der Waals surface area contributed by atoms with Gasteiger partial charge in [0, 0.05) is 69.2 Å². The van der Waals surface area contributed by atoms with Crippen molar-refractivity contribution in [3.05, 3.63) is 143 Å². The van der Waals surface area contributed by atoms with Gasteiger partial charge in [-0.25, -0.2) is 0 Å². The average molecular weight is 1000 g/mol. The molecule has 9 nitrogen and oxygen atoms in total. The fraction of sp³-hybridized carbons (Fsp3) is 0.364. The van der Waals surface area contributed by atoms with Crippen LogP contribution in [-0.2, 0) is 0 Å². The summed E-state index contributed by atoms with van der Waals surface area (Å²) < 4.78 is 0. The highest BCUT2D eigenvalue weighted by atomic mass is 16.2. The van der Waals surface area contributed by atoms with Crippen LogP contribution in [0, 0.1) is 17.8 Å². The second-order valence-corrected chi connectivity index (χ2v) is 21.4. The number of carbonyl (C=O) groups excluding carboxylic acids is 6. The first-order valence-corrected chi connectivity index (χ1v) is 27.9. The maximum Gasteiger partial charge on any atom is 0.261 e. The number of rotatable bonds is 21. The largest absolute Gasteiger partial charge is 0.274 e. The van der Waals surface area contributed by atoms with Gasteiger partial charge in [-0.15, -0.1) is 0 Å². The van der Waals surface area contributed by atoms with Crippen molar-refractivity contribution in [1.29, 1.82) is 0 Å². The Bertz CT molecular complexity index is 3020. The van der Waals surface area contributed by atoms with Gasteiger partial charge in [0.1, 0.15) is 0 Å². The SMILES string of the molecule is CCCCC(CC)CN1C(=O)c2cccc3c(-c4cc(-c5ccc6c7c(cccc57)C(=O)N(CC(CC)CCCC)C6=O)cc(-c5ccc6c7c(cccc57)C(=O)N(CC(CC)CCCC)C6=O)c4)ccc(c23)C1=O. The van der Waals surface area contributed by atoms with Gasteiger partial charge in [0.2, 0.25) is 0 Å². The lowest BCUT2D eigenvalue weighted by atomic mass is 9.84. The van der Waals surface area contributed by atoms with Gasteiger partial charge in [-0.1, -0.05) is 154 Å². The van der Waals surface area contributed by atoms with Crippen molar-refractivity contribution in [2.45, 2.75) is 119 Å². The van der Waals surface area contributed by atoms with Gasteiger partial charge in [-0.2, -0.15) is 0 Å². The van der Waals surface area contributed by atoms with Gasteiger partial charge in [0.25, 0.3) is 35.4 Å². The van der Waals surface area contributed by atoms with Crippen LogP contribution in [0.15, 0.2) is 109 Å². The molecule has 0 spiro atoms. The van der Waals surface area contributed by atoms with E-state index < -0.39 is 0 Å². The van der Waals surface area contributed by atoms with Crippen LogP contribution < -0.4 is 0 Å². The molecule has 10 rings (SSSR count). The van der Waals surface area contributed by atoms with E-state index in [9.17, 15) is 28.8 Å². The van der Waals surface area contributed by atoms with Crippen LogP contribution in [0.4, 0.5) is 0 Å². The van der Waals surface area contributed by atoms with Crippen molar-refractivity contribution in [3.63, 3.8) is 0 Å². The summed E-state index contributed by atoms with van der Waals surface area (Å²) in [5.74, 6) is -1.06. The summed E-state index contributed by atoms with van der Waals surface area (Å²) in [6, 6.07) is 34.9. The van der Waals surface area contributed by atoms with Crippen molar-refractivity contribution in [2.75, 3.05) is 19.6 Å². The van der Waals surface area contributed by atoms with Crippen LogP contribution in [0.5, 0.6) is 0 Å². The minimum atomic E-state index is -0.282. The first-order valence-electron chi connectivity index (χ1n) is 27.9. The highest BCUT2D eigenvalue weighted by Gasteiger charge is 2.38. The monoisotopic (exact) mass is 1000 g/mol. The zero-order chi connectivity index (χ0) is 52.7. The molecule has 9 heteroatoms. The zero-order valence-electron chi connectivity index (χ0n) is 44.5. The number of amides is 6. The van der Waals surface area contributed by atoms with Crippen LogP contribution in [0.1, 0.15) is 181 Å². The maximum atomic E-state index is 14.4. The minimum Gasteiger partial charge on any atom is -0.274 e. The molecule has 3 aliphatic heterocycles. The number of hydrogen-bond donors (Lipinski definition) is 0. The molecule has 75 heavy (non-hydrogen) atoms. The van der Waals surface area contributed by atoms with E-state index in [0.29, 0.717) is 69.2 Å². The smallest absolute Gasteiger partial charge is 0.261 e. The van der Waals surface area contributed by atoms with Crippen LogP contribution >= 0.6 is 0 Å². The quantitative estimate of drug-likeness (QED) is 0.0663. The molecular formula is C66H69N3O6. The molecule has 0 radical (unpaired) electrons. The lowest BCUT2D eigenvalue weighted by molar-refractivity contribution is 0.0565. The zero-order valence-corrected chi connectivity index (χ0v) is 44.5. The Morgan fingerprint density at radius 1 is 0.320 bits per heavy atom. The third kappa shape index (κ3) is 9.06. The molecule has 3 unspecified atom stereocenters. The summed E-state index contributed by atoms with van der Waals surface area (Å²) in [7, 11) is 0. The average Bonchev–Trinajstić information content (AvgIpc) is 3.44. The van der Waals surface area contributed by atoms with E-state index in [0.717, 1.165) is 127 Å². The summed E-state index contributed by atoms with van der Waals surface area (Å²) >= 11 is 0. The van der Waals surface area contributed by atoms with Crippen molar-refractivity contribution >= 4 is 67.8 Å². The third-order valence-electron chi connectivity index (χ3n) is 16.8. The van der Waals surface area contributed by atoms with Crippen LogP contribution in [0.2, 0.25) is 0 Å². The van der Waals surface area contributed by atoms with Crippen molar-refractivity contribution in [2.24, 2.45) is 17.8 Å². The molecule has 0 aliphatic carbocycles. The Morgan fingerprint density at radius 3 is 0.800 bits per heavy atom. The van der Waals surface area contributed by atoms with E-state index >= 15 is 0 Å². The maximum absolute atomic E-state index is 14.4. The summed E-state index contributed by atoms with van der Waals surface area (Å²) in [5.41, 5.74) is 7.86. The predicted octanol–water partition coefficient (Wildman–Crippen LogP) is 15.6. The molecule has 3 atom stereocenters. The Morgan fingerprint density at radius 2 is 0.560 bits per heavy atom. The Labute approximate surface area is 441 Å². The molecule has 7 aromatic carbocycles. The van der Waals surface area contributed by atoms with Gasteiger partial charge in [-0.3, -0.25) is 43.5 Å². The fourth-order valence-corrected chi connectivity index (χ4v) is 12.3. The number of unbranched alkanes of at least 4 members (excludes halogenated alkanes) is 3. The van der Waals surface area contributed by atoms with Crippen molar-refractivity contribution in [3.8, 4) is 33.4 Å². The molecule has 0 fully saturated rings. The summed E-state index contributed by atoms with van der Waals surface area (Å²) in [6.45, 7) is 13.9. The Hall–Kier alpha value is -7.26. The first kappa shape index (κ1) is 51.2. The first-order chi connectivity index (χ1) is 36.5. The summed E-state index contributed by atoms with van der Waals surface area (Å²) in [5, 5.41) is 4.18. The van der Waals surface area contributed by atoms with Gasteiger partial charge in [0.15, 0.2) is 0 Å². The normalized spacial score (nSPS) is 15.5. The molecule has 0 saturated heterocycles. The number of carbonyl (C=O) groups is 6. The van der Waals surface area contributed by atoms with E-state index in [1.807, 2.05) is 91.0 Å². The molecule has 7 aromatic rings. The molecule has 3 heterocycles. The van der Waals surface area contributed by atoms with Gasteiger partial charge in [0.05, 0.1) is 0 Å². The number of hydrogen-bond acceptors (Lipinski definition) is 6. The van der Waals surface area contributed by atoms with Crippen LogP contribution in [0.3, 0.4) is 0 Å². The minimum absolute atomic E-state index is 0.211. The number of imide groups is 3. The molecule has 6 amide bonds. The standard InChI is InChI=1S/C66H69N3O6/c1-7-13-19-40(10-4)37-67-61(70)52-25-16-22-49-46(28-31-55(58(49)52)64(67)73)43-34-44(47-29-32-56-59-50(47)23-17-26-53(59)62(71)68(65(56)74)38-41(11-5)20-14-8-2)36-45(35-43)48-30-33-57-60-51(48)24-18-27-54(60)63(72)69(66(57)75)39-42(12-6)21-15-9-3/h16-18,22-36,40-42H,7-15,19-21,37-39H2,1-6H3. The van der Waals surface area contributed by atoms with E-state index in [1.54, 1.807) is 0 Å². The lowest BCUT2D eigenvalue weighted by Gasteiger charge is -2.31. The third-order valence-corrected chi connectivity index (χ3v) is 16.8. The summed E-state index contributed by atoms with van der Waals surface area (Å²) in [4.78, 5) is 91.0. The van der Waals surface area contributed by atoms with E-state index in [4.69, 9.17) is 0 Å². The van der Waals surface area contributed by atoms with E-state index in [-0.39, 0.29) is 53.2 Å². The molecular weight excluding hydrogens is 931 g/mol. The van der Waals surface area contributed by atoms with E-state index in [1.165, 1.54) is 14.7 Å². The topological polar surface area (TPSA) is 112 Å². The predicted molar refractivity (Wildman–Crippen MR) is 301 cm³/mol. The van der Waals surface area contributed by atoms with Gasteiger partial charge < -0.3 is 0 Å². The van der Waals surface area contributed by atoms with Gasteiger partial charge in [-0.05, 0) is 141 Å². The second kappa shape index (κ2) is 21.5. The van der Waals surface area contributed by atoms with E-state index in [2.05, 4.69) is 59.7 Å². The second-order valence-electron chi connectivity index (χ2n) is 21.4. The van der Waals surface area contributed by atoms with Crippen molar-refractivity contribution in [1.82, 2.24) is 14.7 Å². The lowest BCUT2D eigenvalue weighted by Crippen LogP contribution is -2.43. The molecule has 0 saturated carbocycles. The number of nitrogens with zero attached hydrogens (tertiary/aromatic N) is 3. The Balaban J connectivity index is 1.14. The highest BCUT2D eigenvalue weighted by Crippen LogP contribution is 2.45. The van der Waals surface area contributed by atoms with Gasteiger partial charge >= 0.3 is 0 Å². The number of benzene rings is 7. The van der Waals surface area contributed by atoms with Crippen LogP contribution in [0.25, 0.3) is 65.7 Å². The Kier molecular flexibility index (Phi) is 14.7. The molecule has 0 bridgehead atoms. The summed E-state index contributed by atoms with van der Waals surface area (Å²) in [6.07, 6.45) is 11.7. The van der Waals surface area contributed by atoms with Crippen LogP contribution in [-0.4, -0.2) is 69.8 Å². The molecule has 0 aromatic heterocycles. The van der Waals surface area contributed by atoms with Crippen molar-refractivity contribution < 1.29 is 28.8 Å².